The number of hydrogen-bond donors (Lipinski definition) is 2. The zero-order chi connectivity index (χ0) is 16.7. The summed E-state index contributed by atoms with van der Waals surface area (Å²) in [4.78, 5) is 11.8. The molecule has 0 fully saturated rings. The molecule has 23 heavy (non-hydrogen) atoms. The predicted molar refractivity (Wildman–Crippen MR) is 91.9 cm³/mol. The van der Waals surface area contributed by atoms with Crippen molar-refractivity contribution in [2.75, 3.05) is 11.9 Å². The Morgan fingerprint density at radius 1 is 1.04 bits per heavy atom. The Balaban J connectivity index is 1.69. The normalized spacial score (nSPS) is 10.6. The predicted octanol–water partition coefficient (Wildman–Crippen LogP) is 4.07. The maximum absolute atomic E-state index is 12.8. The summed E-state index contributed by atoms with van der Waals surface area (Å²) in [7, 11) is 0. The van der Waals surface area contributed by atoms with E-state index in [0.717, 1.165) is 11.3 Å². The molecule has 0 saturated heterocycles. The van der Waals surface area contributed by atoms with Gasteiger partial charge in [-0.2, -0.15) is 0 Å². The third kappa shape index (κ3) is 5.74. The van der Waals surface area contributed by atoms with Gasteiger partial charge in [-0.15, -0.1) is 0 Å². The molecule has 1 amide bonds. The number of hydrogen-bond acceptors (Lipinski definition) is 2. The van der Waals surface area contributed by atoms with E-state index in [1.807, 2.05) is 12.1 Å². The summed E-state index contributed by atoms with van der Waals surface area (Å²) in [6.07, 6.45) is 0.396. The topological polar surface area (TPSA) is 41.1 Å². The summed E-state index contributed by atoms with van der Waals surface area (Å²) >= 11 is 0. The summed E-state index contributed by atoms with van der Waals surface area (Å²) < 4.78 is 12.8. The lowest BCUT2D eigenvalue weighted by molar-refractivity contribution is -0.121. The highest BCUT2D eigenvalue weighted by Gasteiger charge is 2.02. The molecule has 0 bridgehead atoms. The number of anilines is 1. The van der Waals surface area contributed by atoms with Crippen molar-refractivity contribution in [3.63, 3.8) is 0 Å². The molecular weight excluding hydrogens is 291 g/mol. The van der Waals surface area contributed by atoms with Gasteiger partial charge in [-0.05, 0) is 41.3 Å². The Labute approximate surface area is 136 Å². The monoisotopic (exact) mass is 314 g/mol. The van der Waals surface area contributed by atoms with Gasteiger partial charge in [0.15, 0.2) is 0 Å². The fourth-order valence-corrected chi connectivity index (χ4v) is 2.20. The minimum Gasteiger partial charge on any atom is -0.385 e. The van der Waals surface area contributed by atoms with Crippen molar-refractivity contribution in [3.05, 3.63) is 65.5 Å². The Kier molecular flexibility index (Phi) is 6.15. The fraction of sp³-hybridized carbons (Fsp3) is 0.316. The maximum Gasteiger partial charge on any atom is 0.222 e. The lowest BCUT2D eigenvalue weighted by Gasteiger charge is -2.09. The standard InChI is InChI=1S/C19H23FN2O/c1-14(2)16-5-9-18(10-6-16)21-12-11-19(23)22-13-15-3-7-17(20)8-4-15/h3-10,14,21H,11-13H2,1-2H3,(H,22,23). The highest BCUT2D eigenvalue weighted by molar-refractivity contribution is 5.76. The van der Waals surface area contributed by atoms with Crippen LogP contribution >= 0.6 is 0 Å². The molecule has 0 aliphatic carbocycles. The third-order valence-electron chi connectivity index (χ3n) is 3.66. The largest absolute Gasteiger partial charge is 0.385 e. The molecule has 2 aromatic carbocycles. The summed E-state index contributed by atoms with van der Waals surface area (Å²) in [5, 5.41) is 6.06. The molecule has 3 nitrogen and oxygen atoms in total. The van der Waals surface area contributed by atoms with Crippen molar-refractivity contribution in [1.82, 2.24) is 5.32 Å². The van der Waals surface area contributed by atoms with Crippen molar-refractivity contribution in [2.24, 2.45) is 0 Å². The Bertz CT molecular complexity index is 621. The van der Waals surface area contributed by atoms with Gasteiger partial charge < -0.3 is 10.6 Å². The molecule has 0 heterocycles. The SMILES string of the molecule is CC(C)c1ccc(NCCC(=O)NCc2ccc(F)cc2)cc1. The van der Waals surface area contributed by atoms with Gasteiger partial charge in [-0.1, -0.05) is 38.1 Å². The van der Waals surface area contributed by atoms with Crippen molar-refractivity contribution in [3.8, 4) is 0 Å². The van der Waals surface area contributed by atoms with Crippen LogP contribution in [0.2, 0.25) is 0 Å². The highest BCUT2D eigenvalue weighted by atomic mass is 19.1. The molecule has 2 rings (SSSR count). The van der Waals surface area contributed by atoms with E-state index in [4.69, 9.17) is 0 Å². The molecule has 122 valence electrons. The number of rotatable bonds is 7. The second-order valence-corrected chi connectivity index (χ2v) is 5.86. The molecule has 0 spiro atoms. The highest BCUT2D eigenvalue weighted by Crippen LogP contribution is 2.16. The number of carbonyl (C=O) groups excluding carboxylic acids is 1. The summed E-state index contributed by atoms with van der Waals surface area (Å²) in [5.74, 6) is 0.217. The van der Waals surface area contributed by atoms with E-state index in [1.54, 1.807) is 12.1 Å². The average molecular weight is 314 g/mol. The van der Waals surface area contributed by atoms with Gasteiger partial charge in [-0.3, -0.25) is 4.79 Å². The van der Waals surface area contributed by atoms with Gasteiger partial charge in [0.1, 0.15) is 5.82 Å². The number of halogens is 1. The molecular formula is C19H23FN2O. The second-order valence-electron chi connectivity index (χ2n) is 5.86. The van der Waals surface area contributed by atoms with Gasteiger partial charge in [0.2, 0.25) is 5.91 Å². The number of nitrogens with one attached hydrogen (secondary N) is 2. The quantitative estimate of drug-likeness (QED) is 0.809. The fourth-order valence-electron chi connectivity index (χ4n) is 2.20. The van der Waals surface area contributed by atoms with E-state index in [2.05, 4.69) is 36.6 Å². The third-order valence-corrected chi connectivity index (χ3v) is 3.66. The first-order valence-electron chi connectivity index (χ1n) is 7.89. The molecule has 0 radical (unpaired) electrons. The van der Waals surface area contributed by atoms with Gasteiger partial charge in [0.25, 0.3) is 0 Å². The van der Waals surface area contributed by atoms with Crippen molar-refractivity contribution in [1.29, 1.82) is 0 Å². The lowest BCUT2D eigenvalue weighted by Crippen LogP contribution is -2.24. The van der Waals surface area contributed by atoms with E-state index in [-0.39, 0.29) is 11.7 Å². The van der Waals surface area contributed by atoms with Crippen LogP contribution in [0.3, 0.4) is 0 Å². The van der Waals surface area contributed by atoms with Crippen LogP contribution in [0.5, 0.6) is 0 Å². The van der Waals surface area contributed by atoms with Crippen molar-refractivity contribution < 1.29 is 9.18 Å². The van der Waals surface area contributed by atoms with E-state index in [9.17, 15) is 9.18 Å². The number of amides is 1. The molecule has 0 aliphatic heterocycles. The molecule has 2 N–H and O–H groups in total. The zero-order valence-corrected chi connectivity index (χ0v) is 13.6. The summed E-state index contributed by atoms with van der Waals surface area (Å²) in [5.41, 5.74) is 3.20. The zero-order valence-electron chi connectivity index (χ0n) is 13.6. The first-order valence-corrected chi connectivity index (χ1v) is 7.89. The Hall–Kier alpha value is -2.36. The molecule has 0 aliphatic rings. The van der Waals surface area contributed by atoms with E-state index in [1.165, 1.54) is 17.7 Å². The van der Waals surface area contributed by atoms with Gasteiger partial charge in [-0.25, -0.2) is 4.39 Å². The van der Waals surface area contributed by atoms with Crippen LogP contribution in [0.4, 0.5) is 10.1 Å². The van der Waals surface area contributed by atoms with Crippen LogP contribution in [0.1, 0.15) is 37.3 Å². The maximum atomic E-state index is 12.8. The van der Waals surface area contributed by atoms with Crippen molar-refractivity contribution in [2.45, 2.75) is 32.7 Å². The number of benzene rings is 2. The number of carbonyl (C=O) groups is 1. The lowest BCUT2D eigenvalue weighted by atomic mass is 10.0. The van der Waals surface area contributed by atoms with Crippen LogP contribution in [0, 0.1) is 5.82 Å². The Morgan fingerprint density at radius 2 is 1.70 bits per heavy atom. The summed E-state index contributed by atoms with van der Waals surface area (Å²) in [6.45, 7) is 5.32. The van der Waals surface area contributed by atoms with Crippen LogP contribution < -0.4 is 10.6 Å². The first-order chi connectivity index (χ1) is 11.0. The smallest absolute Gasteiger partial charge is 0.222 e. The first kappa shape index (κ1) is 17.0. The molecule has 0 unspecified atom stereocenters. The van der Waals surface area contributed by atoms with Crippen LogP contribution in [-0.2, 0) is 11.3 Å². The Morgan fingerprint density at radius 3 is 2.30 bits per heavy atom. The second kappa shape index (κ2) is 8.32. The van der Waals surface area contributed by atoms with Gasteiger partial charge >= 0.3 is 0 Å². The molecule has 0 aromatic heterocycles. The summed E-state index contributed by atoms with van der Waals surface area (Å²) in [6, 6.07) is 14.4. The average Bonchev–Trinajstić information content (AvgIpc) is 2.55. The molecule has 0 saturated carbocycles. The van der Waals surface area contributed by atoms with Crippen molar-refractivity contribution >= 4 is 11.6 Å². The van der Waals surface area contributed by atoms with Crippen LogP contribution in [0.25, 0.3) is 0 Å². The van der Waals surface area contributed by atoms with Gasteiger partial charge in [0, 0.05) is 25.2 Å². The van der Waals surface area contributed by atoms with Gasteiger partial charge in [0.05, 0.1) is 0 Å². The van der Waals surface area contributed by atoms with E-state index >= 15 is 0 Å². The van der Waals surface area contributed by atoms with E-state index < -0.39 is 0 Å². The van der Waals surface area contributed by atoms with Crippen LogP contribution in [-0.4, -0.2) is 12.5 Å². The minimum atomic E-state index is -0.271. The van der Waals surface area contributed by atoms with Crippen LogP contribution in [0.15, 0.2) is 48.5 Å². The van der Waals surface area contributed by atoms with E-state index in [0.29, 0.717) is 25.4 Å². The molecule has 2 aromatic rings. The molecule has 0 atom stereocenters. The molecule has 4 heteroatoms. The minimum absolute atomic E-state index is 0.0272.